The van der Waals surface area contributed by atoms with E-state index in [1.54, 1.807) is 41.3 Å². The van der Waals surface area contributed by atoms with Gasteiger partial charge >= 0.3 is 0 Å². The molecule has 3 aromatic carbocycles. The van der Waals surface area contributed by atoms with E-state index < -0.39 is 23.2 Å². The molecule has 0 aliphatic carbocycles. The van der Waals surface area contributed by atoms with E-state index >= 15 is 0 Å². The lowest BCUT2D eigenvalue weighted by Gasteiger charge is -2.25. The second-order valence-electron chi connectivity index (χ2n) is 8.51. The van der Waals surface area contributed by atoms with E-state index in [-0.39, 0.29) is 35.6 Å². The summed E-state index contributed by atoms with van der Waals surface area (Å²) in [4.78, 5) is 28.8. The first-order valence-electron chi connectivity index (χ1n) is 11.3. The average molecular weight is 485 g/mol. The molecule has 0 fully saturated rings. The highest BCUT2D eigenvalue weighted by Gasteiger charge is 2.43. The number of hydrogen-bond acceptors (Lipinski definition) is 6. The normalized spacial score (nSPS) is 15.9. The Balaban J connectivity index is 1.50. The van der Waals surface area contributed by atoms with Crippen molar-refractivity contribution in [3.05, 3.63) is 112 Å². The molecule has 1 aromatic heterocycles. The van der Waals surface area contributed by atoms with Crippen LogP contribution >= 0.6 is 0 Å². The summed E-state index contributed by atoms with van der Waals surface area (Å²) in [5.74, 6) is 0.725. The van der Waals surface area contributed by atoms with Gasteiger partial charge in [0.15, 0.2) is 16.9 Å². The first kappa shape index (κ1) is 21.9. The van der Waals surface area contributed by atoms with Crippen molar-refractivity contribution in [3.8, 4) is 17.2 Å². The summed E-state index contributed by atoms with van der Waals surface area (Å²) in [6.45, 7) is 4.27. The standard InChI is InChI=1S/C28H20FNO6/c1-2-10-33-19-5-3-4-17(12-19)25-24-26(31)20-13-18(29)7-9-21(20)36-27(24)28(32)30(25)14-16-6-8-22-23(11-16)35-15-34-22/h2-9,11-13,25H,1,10,14-15H2. The minimum Gasteiger partial charge on any atom is -0.490 e. The van der Waals surface area contributed by atoms with Gasteiger partial charge in [-0.2, -0.15) is 0 Å². The van der Waals surface area contributed by atoms with E-state index in [1.165, 1.54) is 12.1 Å². The number of rotatable bonds is 6. The van der Waals surface area contributed by atoms with Gasteiger partial charge in [0.05, 0.1) is 17.0 Å². The predicted molar refractivity (Wildman–Crippen MR) is 129 cm³/mol. The molecular formula is C28H20FNO6. The number of ether oxygens (including phenoxy) is 3. The van der Waals surface area contributed by atoms with Crippen molar-refractivity contribution in [2.45, 2.75) is 12.6 Å². The number of hydrogen-bond donors (Lipinski definition) is 0. The zero-order chi connectivity index (χ0) is 24.8. The Bertz CT molecular complexity index is 1590. The van der Waals surface area contributed by atoms with Crippen LogP contribution < -0.4 is 19.6 Å². The first-order chi connectivity index (χ1) is 17.5. The van der Waals surface area contributed by atoms with E-state index in [4.69, 9.17) is 18.6 Å². The van der Waals surface area contributed by atoms with Crippen molar-refractivity contribution in [3.63, 3.8) is 0 Å². The summed E-state index contributed by atoms with van der Waals surface area (Å²) in [7, 11) is 0. The summed E-state index contributed by atoms with van der Waals surface area (Å²) in [6.07, 6.45) is 1.63. The number of fused-ring (bicyclic) bond motifs is 3. The third kappa shape index (κ3) is 3.58. The zero-order valence-corrected chi connectivity index (χ0v) is 19.0. The van der Waals surface area contributed by atoms with Gasteiger partial charge in [0.25, 0.3) is 5.91 Å². The summed E-state index contributed by atoms with van der Waals surface area (Å²) in [5.41, 5.74) is 1.31. The number of halogens is 1. The molecule has 1 unspecified atom stereocenters. The Morgan fingerprint density at radius 3 is 2.78 bits per heavy atom. The highest BCUT2D eigenvalue weighted by Crippen LogP contribution is 2.41. The maximum absolute atomic E-state index is 14.0. The molecule has 0 radical (unpaired) electrons. The third-order valence-electron chi connectivity index (χ3n) is 6.26. The smallest absolute Gasteiger partial charge is 0.291 e. The van der Waals surface area contributed by atoms with E-state index in [9.17, 15) is 14.0 Å². The summed E-state index contributed by atoms with van der Waals surface area (Å²) in [5, 5.41) is 0.0792. The summed E-state index contributed by atoms with van der Waals surface area (Å²) >= 11 is 0. The Morgan fingerprint density at radius 2 is 1.92 bits per heavy atom. The molecule has 8 heteroatoms. The van der Waals surface area contributed by atoms with Gasteiger partial charge in [0, 0.05) is 6.54 Å². The van der Waals surface area contributed by atoms with E-state index in [2.05, 4.69) is 6.58 Å². The lowest BCUT2D eigenvalue weighted by molar-refractivity contribution is 0.0714. The van der Waals surface area contributed by atoms with E-state index in [0.717, 1.165) is 11.6 Å². The predicted octanol–water partition coefficient (Wildman–Crippen LogP) is 4.97. The summed E-state index contributed by atoms with van der Waals surface area (Å²) < 4.78 is 36.5. The van der Waals surface area contributed by atoms with Gasteiger partial charge in [0.2, 0.25) is 12.6 Å². The Labute approximate surface area is 204 Å². The van der Waals surface area contributed by atoms with Crippen molar-refractivity contribution in [2.75, 3.05) is 13.4 Å². The van der Waals surface area contributed by atoms with Crippen LogP contribution in [0, 0.1) is 5.82 Å². The van der Waals surface area contributed by atoms with Gasteiger partial charge in [-0.05, 0) is 53.6 Å². The molecule has 0 saturated heterocycles. The van der Waals surface area contributed by atoms with Crippen LogP contribution in [0.2, 0.25) is 0 Å². The van der Waals surface area contributed by atoms with Gasteiger partial charge in [-0.25, -0.2) is 4.39 Å². The monoisotopic (exact) mass is 485 g/mol. The van der Waals surface area contributed by atoms with Gasteiger partial charge in [-0.3, -0.25) is 9.59 Å². The fraction of sp³-hybridized carbons (Fsp3) is 0.143. The van der Waals surface area contributed by atoms with Crippen LogP contribution in [0.25, 0.3) is 11.0 Å². The fourth-order valence-corrected chi connectivity index (χ4v) is 4.67. The second kappa shape index (κ2) is 8.57. The highest BCUT2D eigenvalue weighted by molar-refractivity contribution is 5.99. The van der Waals surface area contributed by atoms with Gasteiger partial charge in [-0.15, -0.1) is 0 Å². The molecule has 0 spiro atoms. The molecule has 0 saturated carbocycles. The molecule has 0 N–H and O–H groups in total. The van der Waals surface area contributed by atoms with E-state index in [1.807, 2.05) is 12.1 Å². The molecule has 1 atom stereocenters. The maximum Gasteiger partial charge on any atom is 0.291 e. The summed E-state index contributed by atoms with van der Waals surface area (Å²) in [6, 6.07) is 15.5. The lowest BCUT2D eigenvalue weighted by Crippen LogP contribution is -2.29. The Hall–Kier alpha value is -4.59. The number of carbonyl (C=O) groups excluding carboxylic acids is 1. The van der Waals surface area contributed by atoms with Crippen LogP contribution in [0.1, 0.15) is 33.3 Å². The Kier molecular flexibility index (Phi) is 5.21. The van der Waals surface area contributed by atoms with Crippen molar-refractivity contribution in [1.82, 2.24) is 4.90 Å². The molecule has 0 bridgehead atoms. The van der Waals surface area contributed by atoms with Crippen LogP contribution in [-0.2, 0) is 6.54 Å². The molecule has 4 aromatic rings. The van der Waals surface area contributed by atoms with E-state index in [0.29, 0.717) is 29.4 Å². The Morgan fingerprint density at radius 1 is 1.06 bits per heavy atom. The van der Waals surface area contributed by atoms with Crippen LogP contribution in [0.4, 0.5) is 4.39 Å². The number of benzene rings is 3. The number of nitrogens with zero attached hydrogens (tertiary/aromatic N) is 1. The lowest BCUT2D eigenvalue weighted by atomic mass is 9.98. The first-order valence-corrected chi connectivity index (χ1v) is 11.3. The molecule has 2 aliphatic heterocycles. The molecule has 36 heavy (non-hydrogen) atoms. The van der Waals surface area contributed by atoms with Crippen molar-refractivity contribution < 1.29 is 27.8 Å². The van der Waals surface area contributed by atoms with Gasteiger partial charge < -0.3 is 23.5 Å². The van der Waals surface area contributed by atoms with Crippen molar-refractivity contribution in [2.24, 2.45) is 0 Å². The minimum absolute atomic E-state index is 0.0535. The zero-order valence-electron chi connectivity index (χ0n) is 19.0. The molecule has 7 nitrogen and oxygen atoms in total. The number of carbonyl (C=O) groups is 1. The molecule has 1 amide bonds. The highest BCUT2D eigenvalue weighted by atomic mass is 19.1. The van der Waals surface area contributed by atoms with Crippen molar-refractivity contribution in [1.29, 1.82) is 0 Å². The van der Waals surface area contributed by atoms with Gasteiger partial charge in [-0.1, -0.05) is 30.9 Å². The molecule has 6 rings (SSSR count). The maximum atomic E-state index is 14.0. The largest absolute Gasteiger partial charge is 0.490 e. The fourth-order valence-electron chi connectivity index (χ4n) is 4.67. The SMILES string of the molecule is C=CCOc1cccc(C2c3c(oc4ccc(F)cc4c3=O)C(=O)N2Cc2ccc3c(c2)OCO3)c1. The molecule has 3 heterocycles. The molecular weight excluding hydrogens is 465 g/mol. The number of amides is 1. The topological polar surface area (TPSA) is 78.2 Å². The second-order valence-corrected chi connectivity index (χ2v) is 8.51. The van der Waals surface area contributed by atoms with Crippen LogP contribution in [-0.4, -0.2) is 24.2 Å². The average Bonchev–Trinajstić information content (AvgIpc) is 3.46. The third-order valence-corrected chi connectivity index (χ3v) is 6.26. The minimum atomic E-state index is -0.769. The van der Waals surface area contributed by atoms with Crippen LogP contribution in [0.5, 0.6) is 17.2 Å². The molecule has 2 aliphatic rings. The van der Waals surface area contributed by atoms with Crippen molar-refractivity contribution >= 4 is 16.9 Å². The van der Waals surface area contributed by atoms with Crippen LogP contribution in [0.3, 0.4) is 0 Å². The molecule has 180 valence electrons. The van der Waals surface area contributed by atoms with Gasteiger partial charge in [0.1, 0.15) is 23.8 Å². The van der Waals surface area contributed by atoms with Crippen LogP contribution in [0.15, 0.2) is 82.5 Å². The quantitative estimate of drug-likeness (QED) is 0.359.